The number of nitro groups is 1. The van der Waals surface area contributed by atoms with Gasteiger partial charge in [0.05, 0.1) is 23.6 Å². The Morgan fingerprint density at radius 1 is 1.35 bits per heavy atom. The topological polar surface area (TPSA) is 94.4 Å². The molecule has 0 aliphatic rings. The first-order valence-electron chi connectivity index (χ1n) is 6.97. The lowest BCUT2D eigenvalue weighted by molar-refractivity contribution is -0.385. The summed E-state index contributed by atoms with van der Waals surface area (Å²) in [6.45, 7) is 3.58. The van der Waals surface area contributed by atoms with Crippen LogP contribution in [0.25, 0.3) is 0 Å². The van der Waals surface area contributed by atoms with Gasteiger partial charge in [0, 0.05) is 30.1 Å². The van der Waals surface area contributed by atoms with Gasteiger partial charge in [0.15, 0.2) is 0 Å². The summed E-state index contributed by atoms with van der Waals surface area (Å²) in [5, 5.41) is 13.7. The fourth-order valence-corrected chi connectivity index (χ4v) is 2.21. The zero-order valence-corrected chi connectivity index (χ0v) is 13.1. The number of amides is 1. The number of hydrogen-bond acceptors (Lipinski definition) is 5. The van der Waals surface area contributed by atoms with Crippen LogP contribution in [0, 0.1) is 17.0 Å². The maximum Gasteiger partial charge on any atom is 0.270 e. The summed E-state index contributed by atoms with van der Waals surface area (Å²) in [6.07, 6.45) is 3.13. The number of nitrogens with zero attached hydrogens (tertiary/aromatic N) is 2. The number of benzene rings is 1. The molecule has 7 heteroatoms. The molecular weight excluding hydrogens is 298 g/mol. The third kappa shape index (κ3) is 3.82. The van der Waals surface area contributed by atoms with Gasteiger partial charge in [-0.2, -0.15) is 0 Å². The number of rotatable bonds is 5. The molecule has 2 aromatic rings. The van der Waals surface area contributed by atoms with Crippen LogP contribution in [0.4, 0.5) is 5.69 Å². The van der Waals surface area contributed by atoms with Gasteiger partial charge < -0.3 is 10.1 Å². The molecule has 0 aliphatic carbocycles. The highest BCUT2D eigenvalue weighted by atomic mass is 16.6. The fourth-order valence-electron chi connectivity index (χ4n) is 2.21. The highest BCUT2D eigenvalue weighted by Gasteiger charge is 2.19. The monoisotopic (exact) mass is 315 g/mol. The number of carbonyl (C=O) groups excluding carboxylic acids is 1. The molecule has 0 spiro atoms. The van der Waals surface area contributed by atoms with E-state index < -0.39 is 11.0 Å². The molecule has 1 heterocycles. The molecule has 0 saturated heterocycles. The summed E-state index contributed by atoms with van der Waals surface area (Å²) in [7, 11) is 1.48. The van der Waals surface area contributed by atoms with Gasteiger partial charge in [0.25, 0.3) is 11.6 Å². The van der Waals surface area contributed by atoms with Crippen LogP contribution < -0.4 is 10.1 Å². The number of nitro benzene ring substituents is 1. The van der Waals surface area contributed by atoms with Crippen molar-refractivity contribution in [3.05, 3.63) is 63.5 Å². The van der Waals surface area contributed by atoms with Crippen LogP contribution in [0.3, 0.4) is 0 Å². The predicted octanol–water partition coefficient (Wildman–Crippen LogP) is 2.80. The quantitative estimate of drug-likeness (QED) is 0.676. The second-order valence-electron chi connectivity index (χ2n) is 5.13. The average molecular weight is 315 g/mol. The molecule has 120 valence electrons. The molecule has 0 bridgehead atoms. The third-order valence-corrected chi connectivity index (χ3v) is 3.38. The first kappa shape index (κ1) is 16.4. The standard InChI is InChI=1S/C16H17N3O4/c1-10-6-12(9-17-8-10)16(20)18-11(2)14-7-13(19(21)22)4-5-15(14)23-3/h4-9,11H,1-3H3,(H,18,20)/t11-/m1/s1. The van der Waals surface area contributed by atoms with Crippen molar-refractivity contribution in [3.63, 3.8) is 0 Å². The minimum Gasteiger partial charge on any atom is -0.496 e. The van der Waals surface area contributed by atoms with Crippen LogP contribution in [0.1, 0.15) is 34.5 Å². The van der Waals surface area contributed by atoms with Crippen molar-refractivity contribution in [3.8, 4) is 5.75 Å². The molecule has 1 aromatic heterocycles. The minimum atomic E-state index is -0.484. The van der Waals surface area contributed by atoms with E-state index in [9.17, 15) is 14.9 Å². The Morgan fingerprint density at radius 3 is 2.70 bits per heavy atom. The number of non-ortho nitro benzene ring substituents is 1. The molecule has 23 heavy (non-hydrogen) atoms. The van der Waals surface area contributed by atoms with E-state index in [4.69, 9.17) is 4.74 Å². The zero-order chi connectivity index (χ0) is 17.0. The van der Waals surface area contributed by atoms with E-state index in [1.165, 1.54) is 31.5 Å². The summed E-state index contributed by atoms with van der Waals surface area (Å²) in [5.41, 5.74) is 1.79. The molecule has 0 fully saturated rings. The summed E-state index contributed by atoms with van der Waals surface area (Å²) < 4.78 is 5.22. The smallest absolute Gasteiger partial charge is 0.270 e. The van der Waals surface area contributed by atoms with Gasteiger partial charge in [-0.05, 0) is 31.5 Å². The summed E-state index contributed by atoms with van der Waals surface area (Å²) in [4.78, 5) is 26.7. The van der Waals surface area contributed by atoms with Gasteiger partial charge in [-0.25, -0.2) is 0 Å². The largest absolute Gasteiger partial charge is 0.496 e. The van der Waals surface area contributed by atoms with Crippen LogP contribution in [-0.2, 0) is 0 Å². The lowest BCUT2D eigenvalue weighted by Crippen LogP contribution is -2.27. The van der Waals surface area contributed by atoms with Crippen molar-refractivity contribution >= 4 is 11.6 Å². The predicted molar refractivity (Wildman–Crippen MR) is 84.5 cm³/mol. The molecule has 7 nitrogen and oxygen atoms in total. The average Bonchev–Trinajstić information content (AvgIpc) is 2.53. The highest BCUT2D eigenvalue weighted by molar-refractivity contribution is 5.94. The van der Waals surface area contributed by atoms with Crippen LogP contribution >= 0.6 is 0 Å². The Morgan fingerprint density at radius 2 is 2.09 bits per heavy atom. The van der Waals surface area contributed by atoms with Gasteiger partial charge in [-0.1, -0.05) is 0 Å². The lowest BCUT2D eigenvalue weighted by atomic mass is 10.1. The van der Waals surface area contributed by atoms with Crippen molar-refractivity contribution in [2.24, 2.45) is 0 Å². The number of carbonyl (C=O) groups is 1. The summed E-state index contributed by atoms with van der Waals surface area (Å²) >= 11 is 0. The Bertz CT molecular complexity index is 746. The van der Waals surface area contributed by atoms with Gasteiger partial charge in [-0.15, -0.1) is 0 Å². The molecule has 2 rings (SSSR count). The van der Waals surface area contributed by atoms with E-state index in [0.29, 0.717) is 16.9 Å². The number of aromatic nitrogens is 1. The van der Waals surface area contributed by atoms with Crippen molar-refractivity contribution in [1.29, 1.82) is 0 Å². The van der Waals surface area contributed by atoms with Crippen molar-refractivity contribution in [2.45, 2.75) is 19.9 Å². The van der Waals surface area contributed by atoms with Gasteiger partial charge >= 0.3 is 0 Å². The Labute approximate surface area is 133 Å². The van der Waals surface area contributed by atoms with E-state index in [2.05, 4.69) is 10.3 Å². The Balaban J connectivity index is 2.26. The van der Waals surface area contributed by atoms with Crippen LogP contribution in [0.2, 0.25) is 0 Å². The number of nitrogens with one attached hydrogen (secondary N) is 1. The number of pyridine rings is 1. The van der Waals surface area contributed by atoms with E-state index in [1.54, 1.807) is 19.2 Å². The van der Waals surface area contributed by atoms with Crippen molar-refractivity contribution in [2.75, 3.05) is 7.11 Å². The van der Waals surface area contributed by atoms with E-state index in [1.807, 2.05) is 6.92 Å². The molecule has 0 saturated carbocycles. The fraction of sp³-hybridized carbons (Fsp3) is 0.250. The number of hydrogen-bond donors (Lipinski definition) is 1. The molecule has 1 amide bonds. The molecule has 0 aliphatic heterocycles. The van der Waals surface area contributed by atoms with Crippen molar-refractivity contribution < 1.29 is 14.5 Å². The van der Waals surface area contributed by atoms with Crippen LogP contribution in [0.5, 0.6) is 5.75 Å². The molecule has 1 N–H and O–H groups in total. The maximum absolute atomic E-state index is 12.3. The first-order chi connectivity index (χ1) is 10.9. The third-order valence-electron chi connectivity index (χ3n) is 3.38. The molecule has 0 unspecified atom stereocenters. The lowest BCUT2D eigenvalue weighted by Gasteiger charge is -2.17. The zero-order valence-electron chi connectivity index (χ0n) is 13.1. The van der Waals surface area contributed by atoms with Gasteiger partial charge in [0.2, 0.25) is 0 Å². The number of methoxy groups -OCH3 is 1. The first-order valence-corrected chi connectivity index (χ1v) is 6.97. The van der Waals surface area contributed by atoms with Gasteiger partial charge in [-0.3, -0.25) is 19.9 Å². The SMILES string of the molecule is COc1ccc([N+](=O)[O-])cc1[C@@H](C)NC(=O)c1cncc(C)c1. The highest BCUT2D eigenvalue weighted by Crippen LogP contribution is 2.29. The molecule has 0 radical (unpaired) electrons. The second-order valence-corrected chi connectivity index (χ2v) is 5.13. The minimum absolute atomic E-state index is 0.0564. The molecular formula is C16H17N3O4. The van der Waals surface area contributed by atoms with E-state index in [-0.39, 0.29) is 11.6 Å². The second kappa shape index (κ2) is 6.87. The Kier molecular flexibility index (Phi) is 4.90. The molecule has 1 atom stereocenters. The maximum atomic E-state index is 12.3. The van der Waals surface area contributed by atoms with Crippen molar-refractivity contribution in [1.82, 2.24) is 10.3 Å². The normalized spacial score (nSPS) is 11.6. The number of aryl methyl sites for hydroxylation is 1. The summed E-state index contributed by atoms with van der Waals surface area (Å²) in [6, 6.07) is 5.54. The molecule has 1 aromatic carbocycles. The Hall–Kier alpha value is -2.96. The van der Waals surface area contributed by atoms with E-state index >= 15 is 0 Å². The van der Waals surface area contributed by atoms with Gasteiger partial charge in [0.1, 0.15) is 5.75 Å². The van der Waals surface area contributed by atoms with E-state index in [0.717, 1.165) is 5.56 Å². The summed E-state index contributed by atoms with van der Waals surface area (Å²) in [5.74, 6) is 0.174. The number of ether oxygens (including phenoxy) is 1. The van der Waals surface area contributed by atoms with Crippen LogP contribution in [0.15, 0.2) is 36.7 Å². The van der Waals surface area contributed by atoms with Crippen LogP contribution in [-0.4, -0.2) is 22.9 Å².